The van der Waals surface area contributed by atoms with E-state index in [1.807, 2.05) is 12.1 Å². The smallest absolute Gasteiger partial charge is 0.162 e. The fraction of sp³-hybridized carbons (Fsp3) is 0.750. The van der Waals surface area contributed by atoms with E-state index >= 15 is 0 Å². The lowest BCUT2D eigenvalue weighted by molar-refractivity contribution is 0.541. The van der Waals surface area contributed by atoms with Gasteiger partial charge in [-0.1, -0.05) is 0 Å². The molecule has 0 unspecified atom stereocenters. The van der Waals surface area contributed by atoms with Crippen molar-refractivity contribution in [3.63, 3.8) is 0 Å². The van der Waals surface area contributed by atoms with E-state index in [0.29, 0.717) is 0 Å². The molecular weight excluding hydrogens is 306 g/mol. The number of hydrogen-bond acceptors (Lipinski definition) is 15. The van der Waals surface area contributed by atoms with Gasteiger partial charge in [-0.15, -0.1) is 0 Å². The molecule has 152 valence electrons. The molecule has 0 aromatic heterocycles. The first kappa shape index (κ1) is 103. The minimum atomic E-state index is -0.839. The van der Waals surface area contributed by atoms with Crippen LogP contribution in [-0.4, -0.2) is 11.1 Å². The van der Waals surface area contributed by atoms with Crippen molar-refractivity contribution >= 4 is 0 Å². The Labute approximate surface area is 140 Å². The van der Waals surface area contributed by atoms with Crippen molar-refractivity contribution < 1.29 is 0 Å². The van der Waals surface area contributed by atoms with E-state index in [4.69, 9.17) is 10.5 Å². The Hall–Kier alpha value is -1.86. The van der Waals surface area contributed by atoms with Gasteiger partial charge in [-0.25, -0.2) is 0 Å². The summed E-state index contributed by atoms with van der Waals surface area (Å²) >= 11 is 0. The molecule has 0 amide bonds. The normalized spacial score (nSPS) is 6.52. The summed E-state index contributed by atoms with van der Waals surface area (Å²) in [5.41, 5.74) is -1.68. The Morgan fingerprint density at radius 1 is 0.478 bits per heavy atom. The Bertz CT molecular complexity index is 244. The van der Waals surface area contributed by atoms with E-state index < -0.39 is 11.1 Å². The third-order valence-corrected chi connectivity index (χ3v) is 1.10. The molecule has 0 atom stereocenters. The van der Waals surface area contributed by atoms with Gasteiger partial charge in [-0.2, -0.15) is 20.8 Å². The second-order valence-corrected chi connectivity index (χ2v) is 3.54. The van der Waals surface area contributed by atoms with Crippen molar-refractivity contribution in [3.05, 3.63) is 0 Å². The molecule has 0 aliphatic heterocycles. The highest BCUT2D eigenvalue weighted by Gasteiger charge is 2.19. The van der Waals surface area contributed by atoms with E-state index in [-0.39, 0.29) is 67.7 Å². The number of nitrogens with zero attached hydrogens (tertiary/aromatic N) is 4. The maximum absolute atomic E-state index is 8.58. The van der Waals surface area contributed by atoms with Crippen LogP contribution in [0.3, 0.4) is 0 Å². The van der Waals surface area contributed by atoms with Crippen LogP contribution in [0, 0.1) is 22.7 Å². The van der Waals surface area contributed by atoms with Crippen LogP contribution in [0.15, 0.2) is 10.2 Å². The summed E-state index contributed by atoms with van der Waals surface area (Å²) in [5, 5.41) is 24.7. The monoisotopic (exact) mass is 351 g/mol. The van der Waals surface area contributed by atoms with Crippen molar-refractivity contribution in [3.8, 4) is 12.1 Å². The summed E-state index contributed by atoms with van der Waals surface area (Å²) in [4.78, 5) is 0. The highest BCUT2D eigenvalue weighted by atomic mass is 15.2. The molecule has 0 saturated carbocycles. The van der Waals surface area contributed by atoms with E-state index in [0.717, 1.165) is 0 Å². The van der Waals surface area contributed by atoms with Crippen LogP contribution in [0.5, 0.6) is 0 Å². The molecule has 0 heterocycles. The predicted octanol–water partition coefficient (Wildman–Crippen LogP) is 3.82. The zero-order valence-electron chi connectivity index (χ0n) is 15.6. The molecule has 0 fully saturated rings. The van der Waals surface area contributed by atoms with Crippen molar-refractivity contribution in [1.82, 2.24) is 67.7 Å². The summed E-state index contributed by atoms with van der Waals surface area (Å²) in [5.74, 6) is 0. The zero-order valence-corrected chi connectivity index (χ0v) is 15.6. The zero-order chi connectivity index (χ0) is 9.83. The van der Waals surface area contributed by atoms with Crippen LogP contribution < -0.4 is 67.7 Å². The van der Waals surface area contributed by atoms with E-state index in [1.54, 1.807) is 27.7 Å². The largest absolute Gasteiger partial charge is 0.344 e. The molecule has 0 aromatic rings. The van der Waals surface area contributed by atoms with E-state index in [1.165, 1.54) is 0 Å². The Kier molecular flexibility index (Phi) is 165. The standard InChI is InChI=1S/C8H12N4.11H3N/c1-7(2,5-9)11-12-8(3,4)6-10;;;;;;;;;;;/h1-4H3;11*1H3. The molecule has 15 nitrogen and oxygen atoms in total. The second kappa shape index (κ2) is 36.9. The topological polar surface area (TPSA) is 457 Å². The molecule has 0 aliphatic rings. The predicted molar refractivity (Wildman–Crippen MR) is 99.5 cm³/mol. The lowest BCUT2D eigenvalue weighted by Crippen LogP contribution is -2.17. The first-order valence-electron chi connectivity index (χ1n) is 3.59. The lowest BCUT2D eigenvalue weighted by Gasteiger charge is -2.11. The van der Waals surface area contributed by atoms with Crippen LogP contribution in [-0.2, 0) is 0 Å². The van der Waals surface area contributed by atoms with E-state index in [2.05, 4.69) is 10.2 Å². The molecule has 0 spiro atoms. The fourth-order valence-electron chi connectivity index (χ4n) is 0.295. The summed E-state index contributed by atoms with van der Waals surface area (Å²) in [6.07, 6.45) is 0. The summed E-state index contributed by atoms with van der Waals surface area (Å²) < 4.78 is 0. The van der Waals surface area contributed by atoms with Gasteiger partial charge in [0.25, 0.3) is 0 Å². The molecular formula is C8H45N15. The van der Waals surface area contributed by atoms with E-state index in [9.17, 15) is 0 Å². The minimum Gasteiger partial charge on any atom is -0.344 e. The van der Waals surface area contributed by atoms with Gasteiger partial charge in [-0.05, 0) is 27.7 Å². The highest BCUT2D eigenvalue weighted by molar-refractivity contribution is 5.03. The summed E-state index contributed by atoms with van der Waals surface area (Å²) in [7, 11) is 0. The van der Waals surface area contributed by atoms with Crippen LogP contribution >= 0.6 is 0 Å². The Morgan fingerprint density at radius 3 is 0.696 bits per heavy atom. The highest BCUT2D eigenvalue weighted by Crippen LogP contribution is 2.13. The van der Waals surface area contributed by atoms with Crippen LogP contribution in [0.2, 0.25) is 0 Å². The van der Waals surface area contributed by atoms with Crippen LogP contribution in [0.4, 0.5) is 0 Å². The van der Waals surface area contributed by atoms with Crippen molar-refractivity contribution in [2.45, 2.75) is 38.8 Å². The quantitative estimate of drug-likeness (QED) is 0.315. The summed E-state index contributed by atoms with van der Waals surface area (Å²) in [6.45, 7) is 6.57. The third-order valence-electron chi connectivity index (χ3n) is 1.10. The number of hydrogen-bond donors (Lipinski definition) is 11. The molecule has 0 saturated heterocycles. The average Bonchev–Trinajstić information content (AvgIpc) is 2.02. The molecule has 0 rings (SSSR count). The summed E-state index contributed by atoms with van der Waals surface area (Å²) in [6, 6.07) is 3.94. The van der Waals surface area contributed by atoms with Gasteiger partial charge >= 0.3 is 0 Å². The Morgan fingerprint density at radius 2 is 0.609 bits per heavy atom. The number of azo groups is 1. The molecule has 0 aromatic carbocycles. The molecule has 0 bridgehead atoms. The van der Waals surface area contributed by atoms with Gasteiger partial charge in [0.15, 0.2) is 11.1 Å². The first-order valence-corrected chi connectivity index (χ1v) is 3.59. The molecule has 15 heteroatoms. The third kappa shape index (κ3) is 53.4. The van der Waals surface area contributed by atoms with Crippen molar-refractivity contribution in [1.29, 1.82) is 10.5 Å². The maximum atomic E-state index is 8.58. The minimum absolute atomic E-state index is 0. The van der Waals surface area contributed by atoms with Crippen molar-refractivity contribution in [2.75, 3.05) is 0 Å². The SMILES string of the molecule is CC(C)(C#N)N=NC(C)(C)C#N.N.N.N.N.N.N.N.N.N.N.N. The van der Waals surface area contributed by atoms with Crippen LogP contribution in [0.1, 0.15) is 27.7 Å². The van der Waals surface area contributed by atoms with Gasteiger partial charge < -0.3 is 67.7 Å². The van der Waals surface area contributed by atoms with Gasteiger partial charge in [0.05, 0.1) is 12.1 Å². The second-order valence-electron chi connectivity index (χ2n) is 3.54. The van der Waals surface area contributed by atoms with Gasteiger partial charge in [0, 0.05) is 0 Å². The lowest BCUT2D eigenvalue weighted by atomic mass is 10.1. The average molecular weight is 352 g/mol. The van der Waals surface area contributed by atoms with Crippen LogP contribution in [0.25, 0.3) is 0 Å². The Balaban J connectivity index is -0.0000000110. The van der Waals surface area contributed by atoms with Gasteiger partial charge in [0.1, 0.15) is 0 Å². The van der Waals surface area contributed by atoms with Crippen molar-refractivity contribution in [2.24, 2.45) is 10.2 Å². The molecule has 0 aliphatic carbocycles. The van der Waals surface area contributed by atoms with Gasteiger partial charge in [-0.3, -0.25) is 0 Å². The maximum Gasteiger partial charge on any atom is 0.162 e. The molecule has 33 N–H and O–H groups in total. The fourth-order valence-corrected chi connectivity index (χ4v) is 0.295. The number of rotatable bonds is 2. The first-order chi connectivity index (χ1) is 5.33. The molecule has 0 radical (unpaired) electrons. The van der Waals surface area contributed by atoms with Gasteiger partial charge in [0.2, 0.25) is 0 Å². The number of nitriles is 2. The molecule has 23 heavy (non-hydrogen) atoms.